The third-order valence-corrected chi connectivity index (χ3v) is 4.23. The van der Waals surface area contributed by atoms with E-state index >= 15 is 0 Å². The van der Waals surface area contributed by atoms with Crippen LogP contribution in [0.15, 0.2) is 18.2 Å². The van der Waals surface area contributed by atoms with E-state index in [-0.39, 0.29) is 5.91 Å². The standard InChI is InChI=1S/C17H21N3O3/c1-11-7-14(19(2)18-11)17(21)20-6-5-12-8-15(22-3)16(23-4)9-13(12)10-20/h7-9H,5-6,10H2,1-4H3. The lowest BCUT2D eigenvalue weighted by Crippen LogP contribution is -2.36. The van der Waals surface area contributed by atoms with Crippen molar-refractivity contribution in [3.05, 3.63) is 40.7 Å². The Morgan fingerprint density at radius 3 is 2.35 bits per heavy atom. The van der Waals surface area contributed by atoms with Crippen LogP contribution in [0.4, 0.5) is 0 Å². The average Bonchev–Trinajstić information content (AvgIpc) is 2.90. The number of nitrogens with zero attached hydrogens (tertiary/aromatic N) is 3. The smallest absolute Gasteiger partial charge is 0.272 e. The van der Waals surface area contributed by atoms with Gasteiger partial charge < -0.3 is 14.4 Å². The van der Waals surface area contributed by atoms with Crippen LogP contribution in [-0.2, 0) is 20.0 Å². The number of aromatic nitrogens is 2. The molecule has 0 saturated carbocycles. The van der Waals surface area contributed by atoms with Crippen LogP contribution >= 0.6 is 0 Å². The highest BCUT2D eigenvalue weighted by Gasteiger charge is 2.25. The first kappa shape index (κ1) is 15.4. The van der Waals surface area contributed by atoms with Gasteiger partial charge in [-0.15, -0.1) is 0 Å². The monoisotopic (exact) mass is 315 g/mol. The number of fused-ring (bicyclic) bond motifs is 1. The quantitative estimate of drug-likeness (QED) is 0.868. The first-order valence-corrected chi connectivity index (χ1v) is 7.57. The summed E-state index contributed by atoms with van der Waals surface area (Å²) in [5, 5.41) is 4.25. The van der Waals surface area contributed by atoms with E-state index in [1.807, 2.05) is 30.0 Å². The Kier molecular flexibility index (Phi) is 3.98. The average molecular weight is 315 g/mol. The summed E-state index contributed by atoms with van der Waals surface area (Å²) in [5.41, 5.74) is 3.76. The number of aryl methyl sites for hydroxylation is 2. The number of ether oxygens (including phenoxy) is 2. The Morgan fingerprint density at radius 1 is 1.13 bits per heavy atom. The minimum absolute atomic E-state index is 0.00790. The van der Waals surface area contributed by atoms with Crippen LogP contribution in [0.2, 0.25) is 0 Å². The van der Waals surface area contributed by atoms with Gasteiger partial charge in [0.25, 0.3) is 5.91 Å². The number of amides is 1. The van der Waals surface area contributed by atoms with Crippen molar-refractivity contribution in [1.29, 1.82) is 0 Å². The molecule has 0 unspecified atom stereocenters. The van der Waals surface area contributed by atoms with Crippen molar-refractivity contribution in [2.24, 2.45) is 7.05 Å². The summed E-state index contributed by atoms with van der Waals surface area (Å²) >= 11 is 0. The second kappa shape index (κ2) is 5.95. The Balaban J connectivity index is 1.87. The molecule has 0 radical (unpaired) electrons. The van der Waals surface area contributed by atoms with Crippen molar-refractivity contribution >= 4 is 5.91 Å². The van der Waals surface area contributed by atoms with E-state index in [2.05, 4.69) is 5.10 Å². The molecule has 6 nitrogen and oxygen atoms in total. The maximum absolute atomic E-state index is 12.7. The molecular weight excluding hydrogens is 294 g/mol. The maximum atomic E-state index is 12.7. The lowest BCUT2D eigenvalue weighted by Gasteiger charge is -2.29. The zero-order valence-corrected chi connectivity index (χ0v) is 13.9. The van der Waals surface area contributed by atoms with Crippen molar-refractivity contribution < 1.29 is 14.3 Å². The normalized spacial score (nSPS) is 13.7. The molecule has 0 fully saturated rings. The number of rotatable bonds is 3. The maximum Gasteiger partial charge on any atom is 0.272 e. The summed E-state index contributed by atoms with van der Waals surface area (Å²) in [6.45, 7) is 3.14. The molecule has 0 aliphatic carbocycles. The van der Waals surface area contributed by atoms with E-state index in [9.17, 15) is 4.79 Å². The Hall–Kier alpha value is -2.50. The first-order valence-electron chi connectivity index (χ1n) is 7.57. The third-order valence-electron chi connectivity index (χ3n) is 4.23. The molecule has 0 saturated heterocycles. The van der Waals surface area contributed by atoms with Crippen LogP contribution in [0.3, 0.4) is 0 Å². The van der Waals surface area contributed by atoms with Gasteiger partial charge in [-0.1, -0.05) is 0 Å². The topological polar surface area (TPSA) is 56.6 Å². The predicted octanol–water partition coefficient (Wildman–Crippen LogP) is 1.94. The van der Waals surface area contributed by atoms with Gasteiger partial charge in [-0.2, -0.15) is 5.10 Å². The fourth-order valence-corrected chi connectivity index (χ4v) is 3.03. The molecule has 1 aromatic carbocycles. The molecule has 1 aliphatic heterocycles. The summed E-state index contributed by atoms with van der Waals surface area (Å²) in [4.78, 5) is 14.6. The summed E-state index contributed by atoms with van der Waals surface area (Å²) in [6.07, 6.45) is 0.804. The third kappa shape index (κ3) is 2.76. The molecule has 1 amide bonds. The van der Waals surface area contributed by atoms with Crippen molar-refractivity contribution in [2.75, 3.05) is 20.8 Å². The van der Waals surface area contributed by atoms with Crippen molar-refractivity contribution in [3.8, 4) is 11.5 Å². The molecule has 0 N–H and O–H groups in total. The van der Waals surface area contributed by atoms with Gasteiger partial charge in [-0.3, -0.25) is 9.48 Å². The number of hydrogen-bond acceptors (Lipinski definition) is 4. The fourth-order valence-electron chi connectivity index (χ4n) is 3.03. The van der Waals surface area contributed by atoms with E-state index in [0.717, 1.165) is 23.4 Å². The molecule has 0 bridgehead atoms. The largest absolute Gasteiger partial charge is 0.493 e. The minimum Gasteiger partial charge on any atom is -0.493 e. The van der Waals surface area contributed by atoms with E-state index in [4.69, 9.17) is 9.47 Å². The number of carbonyl (C=O) groups excluding carboxylic acids is 1. The number of methoxy groups -OCH3 is 2. The van der Waals surface area contributed by atoms with E-state index in [1.165, 1.54) is 5.56 Å². The molecule has 2 aromatic rings. The molecule has 1 aromatic heterocycles. The Bertz CT molecular complexity index is 752. The molecule has 2 heterocycles. The van der Waals surface area contributed by atoms with Gasteiger partial charge in [0.15, 0.2) is 11.5 Å². The van der Waals surface area contributed by atoms with Gasteiger partial charge in [0.05, 0.1) is 19.9 Å². The highest BCUT2D eigenvalue weighted by atomic mass is 16.5. The van der Waals surface area contributed by atoms with Crippen LogP contribution in [0.1, 0.15) is 27.3 Å². The van der Waals surface area contributed by atoms with E-state index < -0.39 is 0 Å². The van der Waals surface area contributed by atoms with E-state index in [1.54, 1.807) is 25.9 Å². The molecule has 23 heavy (non-hydrogen) atoms. The lowest BCUT2D eigenvalue weighted by molar-refractivity contribution is 0.0723. The van der Waals surface area contributed by atoms with Crippen molar-refractivity contribution in [2.45, 2.75) is 19.9 Å². The zero-order valence-electron chi connectivity index (χ0n) is 13.9. The van der Waals surface area contributed by atoms with Gasteiger partial charge in [-0.05, 0) is 42.7 Å². The molecule has 0 spiro atoms. The summed E-state index contributed by atoms with van der Waals surface area (Å²) in [6, 6.07) is 5.79. The second-order valence-corrected chi connectivity index (χ2v) is 5.75. The number of carbonyl (C=O) groups is 1. The van der Waals surface area contributed by atoms with Gasteiger partial charge in [-0.25, -0.2) is 0 Å². The van der Waals surface area contributed by atoms with Crippen LogP contribution in [0, 0.1) is 6.92 Å². The minimum atomic E-state index is 0.00790. The number of hydrogen-bond donors (Lipinski definition) is 0. The Morgan fingerprint density at radius 2 is 1.78 bits per heavy atom. The highest BCUT2D eigenvalue weighted by molar-refractivity contribution is 5.92. The summed E-state index contributed by atoms with van der Waals surface area (Å²) < 4.78 is 12.4. The van der Waals surface area contributed by atoms with Crippen molar-refractivity contribution in [1.82, 2.24) is 14.7 Å². The van der Waals surface area contributed by atoms with Crippen LogP contribution in [0.5, 0.6) is 11.5 Å². The van der Waals surface area contributed by atoms with Crippen molar-refractivity contribution in [3.63, 3.8) is 0 Å². The molecule has 6 heteroatoms. The van der Waals surface area contributed by atoms with Crippen LogP contribution in [-0.4, -0.2) is 41.4 Å². The van der Waals surface area contributed by atoms with Gasteiger partial charge in [0.1, 0.15) is 5.69 Å². The van der Waals surface area contributed by atoms with Crippen LogP contribution in [0.25, 0.3) is 0 Å². The second-order valence-electron chi connectivity index (χ2n) is 5.75. The van der Waals surface area contributed by atoms with Gasteiger partial charge in [0, 0.05) is 20.1 Å². The molecular formula is C17H21N3O3. The SMILES string of the molecule is COc1cc2c(cc1OC)CN(C(=O)c1cc(C)nn1C)CC2. The molecule has 0 atom stereocenters. The predicted molar refractivity (Wildman–Crippen MR) is 85.9 cm³/mol. The molecule has 3 rings (SSSR count). The fraction of sp³-hybridized carbons (Fsp3) is 0.412. The molecule has 122 valence electrons. The summed E-state index contributed by atoms with van der Waals surface area (Å²) in [5.74, 6) is 1.43. The van der Waals surface area contributed by atoms with Crippen LogP contribution < -0.4 is 9.47 Å². The van der Waals surface area contributed by atoms with E-state index in [0.29, 0.717) is 24.5 Å². The van der Waals surface area contributed by atoms with Gasteiger partial charge >= 0.3 is 0 Å². The molecule has 1 aliphatic rings. The lowest BCUT2D eigenvalue weighted by atomic mass is 9.98. The van der Waals surface area contributed by atoms with Gasteiger partial charge in [0.2, 0.25) is 0 Å². The first-order chi connectivity index (χ1) is 11.0. The Labute approximate surface area is 135 Å². The summed E-state index contributed by atoms with van der Waals surface area (Å²) in [7, 11) is 5.05. The number of benzene rings is 1. The zero-order chi connectivity index (χ0) is 16.6. The highest BCUT2D eigenvalue weighted by Crippen LogP contribution is 2.33.